The molecule has 0 fully saturated rings. The third-order valence-corrected chi connectivity index (χ3v) is 12.5. The molecule has 0 amide bonds. The van der Waals surface area contributed by atoms with Gasteiger partial charge in [0, 0.05) is 33.1 Å². The van der Waals surface area contributed by atoms with Crippen molar-refractivity contribution in [1.29, 1.82) is 0 Å². The average molecular weight is 789 g/mol. The zero-order valence-electron chi connectivity index (χ0n) is 34.0. The van der Waals surface area contributed by atoms with Gasteiger partial charge in [-0.15, -0.1) is 0 Å². The van der Waals surface area contributed by atoms with Crippen LogP contribution in [-0.4, -0.2) is 4.57 Å². The quantitative estimate of drug-likeness (QED) is 0.156. The molecule has 11 aromatic carbocycles. The van der Waals surface area contributed by atoms with Gasteiger partial charge in [0.1, 0.15) is 0 Å². The first-order chi connectivity index (χ1) is 30.7. The Bertz CT molecular complexity index is 3590. The monoisotopic (exact) mass is 788 g/mol. The second-order valence-electron chi connectivity index (χ2n) is 16.2. The fraction of sp³-hybridized carbons (Fsp3) is 0. The van der Waals surface area contributed by atoms with Crippen molar-refractivity contribution in [2.45, 2.75) is 0 Å². The van der Waals surface area contributed by atoms with Crippen molar-refractivity contribution in [2.75, 3.05) is 4.90 Å². The van der Waals surface area contributed by atoms with Gasteiger partial charge < -0.3 is 9.47 Å². The number of hydrogen-bond acceptors (Lipinski definition) is 1. The largest absolute Gasteiger partial charge is 0.309 e. The van der Waals surface area contributed by atoms with Crippen LogP contribution in [0.25, 0.3) is 93.2 Å². The molecule has 0 aliphatic heterocycles. The highest BCUT2D eigenvalue weighted by Crippen LogP contribution is 2.46. The second kappa shape index (κ2) is 14.8. The molecule has 0 saturated heterocycles. The van der Waals surface area contributed by atoms with Gasteiger partial charge in [-0.3, -0.25) is 0 Å². The summed E-state index contributed by atoms with van der Waals surface area (Å²) >= 11 is 0. The van der Waals surface area contributed by atoms with E-state index in [1.54, 1.807) is 0 Å². The Kier molecular flexibility index (Phi) is 8.53. The Morgan fingerprint density at radius 2 is 0.774 bits per heavy atom. The second-order valence-corrected chi connectivity index (χ2v) is 16.2. The molecule has 0 spiro atoms. The summed E-state index contributed by atoms with van der Waals surface area (Å²) in [6.07, 6.45) is 0. The highest BCUT2D eigenvalue weighted by Gasteiger charge is 2.21. The van der Waals surface area contributed by atoms with Crippen molar-refractivity contribution in [1.82, 2.24) is 4.57 Å². The standard InChI is InChI=1S/C60H40N2/c1-3-16-45-37-48(29-27-41(45)13-1)49-33-36-54(50-30-28-42-14-2-4-17-46(42)38-50)60(40-49)61(57-26-12-18-44-15-5-6-21-53(44)57)51-34-31-43(32-35-51)47-19-11-20-52(39-47)62-58-24-9-7-22-55(58)56-23-8-10-25-59(56)62/h1-40H. The smallest absolute Gasteiger partial charge is 0.0546 e. The summed E-state index contributed by atoms with van der Waals surface area (Å²) in [7, 11) is 0. The molecule has 290 valence electrons. The molecular weight excluding hydrogens is 749 g/mol. The molecule has 2 heteroatoms. The van der Waals surface area contributed by atoms with Gasteiger partial charge >= 0.3 is 0 Å². The maximum absolute atomic E-state index is 2.47. The minimum atomic E-state index is 1.08. The van der Waals surface area contributed by atoms with Gasteiger partial charge in [0.15, 0.2) is 0 Å². The Morgan fingerprint density at radius 1 is 0.274 bits per heavy atom. The van der Waals surface area contributed by atoms with Crippen LogP contribution in [0, 0.1) is 0 Å². The van der Waals surface area contributed by atoms with E-state index in [0.717, 1.165) is 33.9 Å². The SMILES string of the molecule is c1cc(-c2ccc(N(c3cc(-c4ccc5ccccc5c4)ccc3-c3ccc4ccccc4c3)c3cccc4ccccc34)cc2)cc(-n2c3ccccc3c3ccccc32)c1. The highest BCUT2D eigenvalue weighted by molar-refractivity contribution is 6.09. The van der Waals surface area contributed by atoms with Gasteiger partial charge in [-0.05, 0) is 115 Å². The first-order valence-electron chi connectivity index (χ1n) is 21.3. The topological polar surface area (TPSA) is 8.17 Å². The van der Waals surface area contributed by atoms with Gasteiger partial charge in [-0.1, -0.05) is 182 Å². The van der Waals surface area contributed by atoms with Gasteiger partial charge in [0.25, 0.3) is 0 Å². The molecular formula is C60H40N2. The Hall–Kier alpha value is -8.20. The number of aromatic nitrogens is 1. The van der Waals surface area contributed by atoms with Crippen LogP contribution in [0.2, 0.25) is 0 Å². The number of hydrogen-bond donors (Lipinski definition) is 0. The fourth-order valence-electron chi connectivity index (χ4n) is 9.51. The summed E-state index contributed by atoms with van der Waals surface area (Å²) in [6, 6.07) is 88.7. The van der Waals surface area contributed by atoms with Crippen LogP contribution < -0.4 is 4.90 Å². The summed E-state index contributed by atoms with van der Waals surface area (Å²) in [4.78, 5) is 2.47. The lowest BCUT2D eigenvalue weighted by molar-refractivity contribution is 1.18. The van der Waals surface area contributed by atoms with Crippen molar-refractivity contribution >= 4 is 71.2 Å². The molecule has 0 saturated carbocycles. The fourth-order valence-corrected chi connectivity index (χ4v) is 9.51. The lowest BCUT2D eigenvalue weighted by Crippen LogP contribution is -2.12. The summed E-state index contributed by atoms with van der Waals surface area (Å²) in [6.45, 7) is 0. The summed E-state index contributed by atoms with van der Waals surface area (Å²) < 4.78 is 2.39. The molecule has 0 aliphatic rings. The summed E-state index contributed by atoms with van der Waals surface area (Å²) in [5, 5.41) is 9.84. The van der Waals surface area contributed by atoms with Crippen LogP contribution in [0.15, 0.2) is 243 Å². The molecule has 12 aromatic rings. The van der Waals surface area contributed by atoms with E-state index in [1.807, 2.05) is 0 Å². The summed E-state index contributed by atoms with van der Waals surface area (Å²) in [5.41, 5.74) is 13.9. The van der Waals surface area contributed by atoms with Crippen molar-refractivity contribution in [3.05, 3.63) is 243 Å². The van der Waals surface area contributed by atoms with Gasteiger partial charge in [-0.25, -0.2) is 0 Å². The van der Waals surface area contributed by atoms with E-state index < -0.39 is 0 Å². The molecule has 12 rings (SSSR count). The van der Waals surface area contributed by atoms with Gasteiger partial charge in [0.05, 0.1) is 22.4 Å². The third-order valence-electron chi connectivity index (χ3n) is 12.5. The number of anilines is 3. The number of para-hydroxylation sites is 2. The average Bonchev–Trinajstić information content (AvgIpc) is 3.68. The van der Waals surface area contributed by atoms with Crippen molar-refractivity contribution in [2.24, 2.45) is 0 Å². The number of nitrogens with zero attached hydrogens (tertiary/aromatic N) is 2. The van der Waals surface area contributed by atoms with Crippen molar-refractivity contribution < 1.29 is 0 Å². The molecule has 0 bridgehead atoms. The molecule has 0 unspecified atom stereocenters. The normalized spacial score (nSPS) is 11.5. The number of benzene rings is 11. The number of rotatable bonds is 7. The maximum Gasteiger partial charge on any atom is 0.0546 e. The van der Waals surface area contributed by atoms with E-state index in [9.17, 15) is 0 Å². The van der Waals surface area contributed by atoms with Crippen LogP contribution in [0.4, 0.5) is 17.1 Å². The van der Waals surface area contributed by atoms with E-state index >= 15 is 0 Å². The van der Waals surface area contributed by atoms with Crippen LogP contribution in [0.1, 0.15) is 0 Å². The van der Waals surface area contributed by atoms with Crippen LogP contribution >= 0.6 is 0 Å². The molecule has 0 radical (unpaired) electrons. The van der Waals surface area contributed by atoms with Crippen LogP contribution in [0.3, 0.4) is 0 Å². The van der Waals surface area contributed by atoms with E-state index in [0.29, 0.717) is 0 Å². The molecule has 1 heterocycles. The zero-order valence-corrected chi connectivity index (χ0v) is 34.0. The van der Waals surface area contributed by atoms with E-state index in [1.165, 1.54) is 76.4 Å². The minimum absolute atomic E-state index is 1.08. The summed E-state index contributed by atoms with van der Waals surface area (Å²) in [5.74, 6) is 0. The first-order valence-corrected chi connectivity index (χ1v) is 21.3. The molecule has 2 nitrogen and oxygen atoms in total. The minimum Gasteiger partial charge on any atom is -0.309 e. The Balaban J connectivity index is 1.04. The highest BCUT2D eigenvalue weighted by atomic mass is 15.1. The molecule has 0 aliphatic carbocycles. The van der Waals surface area contributed by atoms with Crippen LogP contribution in [0.5, 0.6) is 0 Å². The van der Waals surface area contributed by atoms with Gasteiger partial charge in [0.2, 0.25) is 0 Å². The molecule has 62 heavy (non-hydrogen) atoms. The first kappa shape index (κ1) is 35.7. The third kappa shape index (κ3) is 6.12. The molecule has 1 aromatic heterocycles. The lowest BCUT2D eigenvalue weighted by atomic mass is 9.94. The van der Waals surface area contributed by atoms with Crippen molar-refractivity contribution in [3.8, 4) is 39.1 Å². The predicted octanol–water partition coefficient (Wildman–Crippen LogP) is 16.7. The van der Waals surface area contributed by atoms with E-state index in [-0.39, 0.29) is 0 Å². The molecule has 0 atom stereocenters. The zero-order chi connectivity index (χ0) is 41.0. The Morgan fingerprint density at radius 3 is 1.48 bits per heavy atom. The predicted molar refractivity (Wildman–Crippen MR) is 264 cm³/mol. The van der Waals surface area contributed by atoms with Crippen LogP contribution in [-0.2, 0) is 0 Å². The van der Waals surface area contributed by atoms with Gasteiger partial charge in [-0.2, -0.15) is 0 Å². The maximum atomic E-state index is 2.47. The lowest BCUT2D eigenvalue weighted by Gasteiger charge is -2.30. The van der Waals surface area contributed by atoms with Crippen molar-refractivity contribution in [3.63, 3.8) is 0 Å². The van der Waals surface area contributed by atoms with E-state index in [2.05, 4.69) is 252 Å². The Labute approximate surface area is 360 Å². The number of fused-ring (bicyclic) bond motifs is 6. The van der Waals surface area contributed by atoms with E-state index in [4.69, 9.17) is 0 Å². The molecule has 0 N–H and O–H groups in total.